The Morgan fingerprint density at radius 3 is 2.54 bits per heavy atom. The zero-order valence-corrected chi connectivity index (χ0v) is 19.7. The minimum Gasteiger partial charge on any atom is -0.493 e. The van der Waals surface area contributed by atoms with Gasteiger partial charge in [0.1, 0.15) is 12.2 Å². The van der Waals surface area contributed by atoms with E-state index in [0.29, 0.717) is 11.8 Å². The van der Waals surface area contributed by atoms with Crippen molar-refractivity contribution in [3.63, 3.8) is 0 Å². The summed E-state index contributed by atoms with van der Waals surface area (Å²) >= 11 is 0. The lowest BCUT2D eigenvalue weighted by molar-refractivity contribution is -0.386. The standard InChI is InChI=1S/C25H20FN3O8/c1-33-14-36-20-10-16(8-9-19(20)26)24-27-25(37-28-24)17-11-21(34-2)23(22(29(31)32)18(17)12-30)35-13-15-6-4-3-5-7-15/h3-12H,13-14H2,1-2H3. The maximum absolute atomic E-state index is 14.0. The van der Waals surface area contributed by atoms with Crippen molar-refractivity contribution in [3.8, 4) is 40.1 Å². The van der Waals surface area contributed by atoms with Gasteiger partial charge in [0.15, 0.2) is 30.4 Å². The van der Waals surface area contributed by atoms with Crippen LogP contribution in [0.25, 0.3) is 22.8 Å². The van der Waals surface area contributed by atoms with E-state index in [1.807, 2.05) is 6.07 Å². The highest BCUT2D eigenvalue weighted by Crippen LogP contribution is 2.44. The number of aldehydes is 1. The first kappa shape index (κ1) is 25.3. The summed E-state index contributed by atoms with van der Waals surface area (Å²) in [4.78, 5) is 27.6. The van der Waals surface area contributed by atoms with E-state index in [0.717, 1.165) is 11.6 Å². The summed E-state index contributed by atoms with van der Waals surface area (Å²) in [6, 6.07) is 14.2. The largest absolute Gasteiger partial charge is 0.493 e. The van der Waals surface area contributed by atoms with Gasteiger partial charge in [-0.3, -0.25) is 14.9 Å². The SMILES string of the molecule is COCOc1cc(-c2noc(-c3cc(OC)c(OCc4ccccc4)c([N+](=O)[O-])c3C=O)n2)ccc1F. The van der Waals surface area contributed by atoms with Crippen molar-refractivity contribution in [2.75, 3.05) is 21.0 Å². The van der Waals surface area contributed by atoms with Crippen LogP contribution in [0.3, 0.4) is 0 Å². The van der Waals surface area contributed by atoms with Crippen molar-refractivity contribution in [2.24, 2.45) is 0 Å². The third kappa shape index (κ3) is 5.38. The van der Waals surface area contributed by atoms with Crippen LogP contribution in [0.5, 0.6) is 17.2 Å². The Balaban J connectivity index is 1.76. The second-order valence-corrected chi connectivity index (χ2v) is 7.49. The molecule has 0 bridgehead atoms. The summed E-state index contributed by atoms with van der Waals surface area (Å²) in [5.41, 5.74) is 0.0939. The van der Waals surface area contributed by atoms with Crippen molar-refractivity contribution >= 4 is 12.0 Å². The molecule has 1 heterocycles. The first-order chi connectivity index (χ1) is 18.0. The van der Waals surface area contributed by atoms with Crippen LogP contribution in [-0.2, 0) is 11.3 Å². The fourth-order valence-electron chi connectivity index (χ4n) is 3.46. The minimum absolute atomic E-state index is 0.00156. The van der Waals surface area contributed by atoms with Crippen molar-refractivity contribution < 1.29 is 37.6 Å². The molecule has 0 saturated heterocycles. The van der Waals surface area contributed by atoms with Crippen LogP contribution in [0.1, 0.15) is 15.9 Å². The second kappa shape index (κ2) is 11.3. The van der Waals surface area contributed by atoms with E-state index in [1.165, 1.54) is 32.4 Å². The molecule has 4 rings (SSSR count). The third-order valence-electron chi connectivity index (χ3n) is 5.18. The number of hydrogen-bond acceptors (Lipinski definition) is 10. The van der Waals surface area contributed by atoms with Crippen LogP contribution < -0.4 is 14.2 Å². The van der Waals surface area contributed by atoms with Crippen LogP contribution in [0.4, 0.5) is 10.1 Å². The molecule has 190 valence electrons. The normalized spacial score (nSPS) is 10.7. The average molecular weight is 509 g/mol. The highest BCUT2D eigenvalue weighted by molar-refractivity contribution is 5.94. The molecule has 0 unspecified atom stereocenters. The van der Waals surface area contributed by atoms with Crippen LogP contribution in [0.2, 0.25) is 0 Å². The van der Waals surface area contributed by atoms with Gasteiger partial charge in [0.05, 0.1) is 17.6 Å². The van der Waals surface area contributed by atoms with Crippen LogP contribution in [0.15, 0.2) is 59.1 Å². The summed E-state index contributed by atoms with van der Waals surface area (Å²) < 4.78 is 40.3. The van der Waals surface area contributed by atoms with Crippen molar-refractivity contribution in [2.45, 2.75) is 6.61 Å². The first-order valence-electron chi connectivity index (χ1n) is 10.7. The van der Waals surface area contributed by atoms with Gasteiger partial charge in [-0.2, -0.15) is 4.98 Å². The third-order valence-corrected chi connectivity index (χ3v) is 5.18. The van der Waals surface area contributed by atoms with Gasteiger partial charge in [-0.25, -0.2) is 4.39 Å². The summed E-state index contributed by atoms with van der Waals surface area (Å²) in [5.74, 6) is -1.13. The number of hydrogen-bond donors (Lipinski definition) is 0. The van der Waals surface area contributed by atoms with Gasteiger partial charge < -0.3 is 23.5 Å². The fourth-order valence-corrected chi connectivity index (χ4v) is 3.46. The molecule has 0 aliphatic rings. The first-order valence-corrected chi connectivity index (χ1v) is 10.7. The zero-order chi connectivity index (χ0) is 26.4. The summed E-state index contributed by atoms with van der Waals surface area (Å²) in [6.45, 7) is -0.179. The number of halogens is 1. The van der Waals surface area contributed by atoms with Crippen molar-refractivity contribution in [1.29, 1.82) is 0 Å². The molecule has 0 amide bonds. The zero-order valence-electron chi connectivity index (χ0n) is 19.7. The number of methoxy groups -OCH3 is 2. The molecule has 4 aromatic rings. The summed E-state index contributed by atoms with van der Waals surface area (Å²) in [5, 5.41) is 15.9. The van der Waals surface area contributed by atoms with Gasteiger partial charge >= 0.3 is 5.69 Å². The molecule has 0 atom stereocenters. The molecule has 3 aromatic carbocycles. The molecule has 0 saturated carbocycles. The van der Waals surface area contributed by atoms with E-state index in [4.69, 9.17) is 23.5 Å². The van der Waals surface area contributed by atoms with E-state index < -0.39 is 16.4 Å². The molecule has 0 fully saturated rings. The van der Waals surface area contributed by atoms with Gasteiger partial charge in [-0.15, -0.1) is 0 Å². The fraction of sp³-hybridized carbons (Fsp3) is 0.160. The Labute approximate surface area is 209 Å². The Bertz CT molecular complexity index is 1430. The maximum Gasteiger partial charge on any atom is 0.326 e. The van der Waals surface area contributed by atoms with E-state index in [9.17, 15) is 19.3 Å². The van der Waals surface area contributed by atoms with Gasteiger partial charge in [-0.1, -0.05) is 35.5 Å². The van der Waals surface area contributed by atoms with Crippen molar-refractivity contribution in [1.82, 2.24) is 10.1 Å². The summed E-state index contributed by atoms with van der Waals surface area (Å²) in [7, 11) is 2.70. The monoisotopic (exact) mass is 509 g/mol. The molecule has 11 nitrogen and oxygen atoms in total. The van der Waals surface area contributed by atoms with Crippen LogP contribution in [0, 0.1) is 15.9 Å². The van der Waals surface area contributed by atoms with E-state index in [1.54, 1.807) is 24.3 Å². The number of carbonyl (C=O) groups excluding carboxylic acids is 1. The van der Waals surface area contributed by atoms with Gasteiger partial charge in [-0.05, 0) is 29.8 Å². The highest BCUT2D eigenvalue weighted by atomic mass is 19.1. The number of ether oxygens (including phenoxy) is 4. The average Bonchev–Trinajstić information content (AvgIpc) is 3.41. The Morgan fingerprint density at radius 1 is 1.08 bits per heavy atom. The number of carbonyl (C=O) groups is 1. The number of aromatic nitrogens is 2. The lowest BCUT2D eigenvalue weighted by Crippen LogP contribution is -2.05. The topological polar surface area (TPSA) is 136 Å². The molecule has 0 radical (unpaired) electrons. The lowest BCUT2D eigenvalue weighted by Gasteiger charge is -2.14. The minimum atomic E-state index is -0.743. The van der Waals surface area contributed by atoms with Crippen molar-refractivity contribution in [3.05, 3.63) is 81.7 Å². The van der Waals surface area contributed by atoms with E-state index in [2.05, 4.69) is 10.1 Å². The van der Waals surface area contributed by atoms with Gasteiger partial charge in [0.2, 0.25) is 11.6 Å². The summed E-state index contributed by atoms with van der Waals surface area (Å²) in [6.07, 6.45) is 0.306. The second-order valence-electron chi connectivity index (χ2n) is 7.49. The molecule has 0 N–H and O–H groups in total. The smallest absolute Gasteiger partial charge is 0.326 e. The maximum atomic E-state index is 14.0. The number of nitro groups is 1. The van der Waals surface area contributed by atoms with Gasteiger partial charge in [0.25, 0.3) is 5.89 Å². The Morgan fingerprint density at radius 2 is 1.86 bits per heavy atom. The van der Waals surface area contributed by atoms with Crippen LogP contribution in [-0.4, -0.2) is 42.4 Å². The molecule has 12 heteroatoms. The predicted octanol–water partition coefficient (Wildman–Crippen LogP) is 4.83. The van der Waals surface area contributed by atoms with Gasteiger partial charge in [0, 0.05) is 12.7 Å². The lowest BCUT2D eigenvalue weighted by atomic mass is 10.0. The molecule has 1 aromatic heterocycles. The molecule has 0 spiro atoms. The van der Waals surface area contributed by atoms with Crippen LogP contribution >= 0.6 is 0 Å². The molecule has 0 aliphatic carbocycles. The molecular weight excluding hydrogens is 489 g/mol. The number of benzene rings is 3. The highest BCUT2D eigenvalue weighted by Gasteiger charge is 2.31. The number of nitrogens with zero attached hydrogens (tertiary/aromatic N) is 3. The van der Waals surface area contributed by atoms with E-state index in [-0.39, 0.29) is 53.5 Å². The van der Waals surface area contributed by atoms with E-state index >= 15 is 0 Å². The quantitative estimate of drug-likeness (QED) is 0.120. The number of rotatable bonds is 11. The number of nitro benzene ring substituents is 1. The molecule has 0 aliphatic heterocycles. The molecular formula is C25H20FN3O8. The predicted molar refractivity (Wildman–Crippen MR) is 127 cm³/mol. The Kier molecular flexibility index (Phi) is 7.69. The Hall–Kier alpha value is -4.84. The molecule has 37 heavy (non-hydrogen) atoms.